The second-order valence-electron chi connectivity index (χ2n) is 4.51. The number of ether oxygens (including phenoxy) is 1. The fourth-order valence-electron chi connectivity index (χ4n) is 1.89. The van der Waals surface area contributed by atoms with Crippen molar-refractivity contribution in [2.24, 2.45) is 4.99 Å². The summed E-state index contributed by atoms with van der Waals surface area (Å²) in [6.07, 6.45) is 1.56. The Morgan fingerprint density at radius 2 is 1.64 bits per heavy atom. The number of esters is 1. The first-order valence-corrected chi connectivity index (χ1v) is 7.40. The number of nitrogens with zero attached hydrogens (tertiary/aromatic N) is 1. The van der Waals surface area contributed by atoms with E-state index in [0.29, 0.717) is 26.2 Å². The van der Waals surface area contributed by atoms with Gasteiger partial charge in [-0.25, -0.2) is 9.79 Å². The van der Waals surface area contributed by atoms with Crippen molar-refractivity contribution in [3.05, 3.63) is 74.4 Å². The quantitative estimate of drug-likeness (QED) is 0.564. The van der Waals surface area contributed by atoms with Gasteiger partial charge in [0.2, 0.25) is 5.90 Å². The fraction of sp³-hybridized carbons (Fsp3) is 0. The number of hydrogen-bond donors (Lipinski definition) is 0. The van der Waals surface area contributed by atoms with E-state index in [-0.39, 0.29) is 11.6 Å². The first-order valence-electron chi connectivity index (χ1n) is 6.26. The molecule has 2 aromatic carbocycles. The zero-order valence-electron chi connectivity index (χ0n) is 11.0. The number of halogens is 3. The van der Waals surface area contributed by atoms with Crippen molar-refractivity contribution in [2.75, 3.05) is 0 Å². The molecule has 1 aliphatic heterocycles. The average Bonchev–Trinajstić information content (AvgIpc) is 2.84. The van der Waals surface area contributed by atoms with E-state index in [1.54, 1.807) is 48.5 Å². The molecule has 6 heteroatoms. The summed E-state index contributed by atoms with van der Waals surface area (Å²) in [5.74, 6) is -0.297. The van der Waals surface area contributed by atoms with Crippen molar-refractivity contribution >= 4 is 52.7 Å². The topological polar surface area (TPSA) is 38.7 Å². The molecule has 0 saturated carbocycles. The van der Waals surface area contributed by atoms with Crippen LogP contribution in [-0.2, 0) is 9.53 Å². The summed E-state index contributed by atoms with van der Waals surface area (Å²) in [4.78, 5) is 16.1. The second-order valence-corrected chi connectivity index (χ2v) is 5.79. The van der Waals surface area contributed by atoms with E-state index < -0.39 is 5.97 Å². The number of carbonyl (C=O) groups excluding carboxylic acids is 1. The summed E-state index contributed by atoms with van der Waals surface area (Å²) in [6, 6.07) is 11.8. The molecule has 22 heavy (non-hydrogen) atoms. The molecule has 0 atom stereocenters. The van der Waals surface area contributed by atoms with Crippen LogP contribution in [0, 0.1) is 0 Å². The van der Waals surface area contributed by atoms with Gasteiger partial charge in [-0.1, -0.05) is 40.9 Å². The van der Waals surface area contributed by atoms with Crippen LogP contribution >= 0.6 is 34.8 Å². The molecule has 0 aliphatic carbocycles. The molecule has 1 aliphatic rings. The van der Waals surface area contributed by atoms with Crippen LogP contribution in [0.2, 0.25) is 15.1 Å². The summed E-state index contributed by atoms with van der Waals surface area (Å²) < 4.78 is 5.17. The molecular weight excluding hydrogens is 345 g/mol. The molecule has 110 valence electrons. The molecular formula is C16H8Cl3NO2. The van der Waals surface area contributed by atoms with Gasteiger partial charge in [-0.2, -0.15) is 0 Å². The number of rotatable bonds is 2. The molecule has 0 unspecified atom stereocenters. The first-order chi connectivity index (χ1) is 10.5. The lowest BCUT2D eigenvalue weighted by Gasteiger charge is -1.99. The molecule has 0 saturated heterocycles. The van der Waals surface area contributed by atoms with E-state index in [1.807, 2.05) is 0 Å². The molecule has 0 fully saturated rings. The molecule has 0 amide bonds. The van der Waals surface area contributed by atoms with Gasteiger partial charge in [-0.05, 0) is 48.0 Å². The van der Waals surface area contributed by atoms with Gasteiger partial charge in [-0.3, -0.25) is 0 Å². The van der Waals surface area contributed by atoms with E-state index in [0.717, 1.165) is 0 Å². The first kappa shape index (κ1) is 15.1. The SMILES string of the molecule is O=C1OC(c2ccc(Cl)cc2)=NC1=Cc1ccc(Cl)cc1Cl. The predicted octanol–water partition coefficient (Wildman–Crippen LogP) is 4.99. The van der Waals surface area contributed by atoms with Gasteiger partial charge in [-0.15, -0.1) is 0 Å². The summed E-state index contributed by atoms with van der Waals surface area (Å²) in [5, 5.41) is 1.55. The largest absolute Gasteiger partial charge is 0.402 e. The highest BCUT2D eigenvalue weighted by Crippen LogP contribution is 2.26. The van der Waals surface area contributed by atoms with Crippen LogP contribution in [0.1, 0.15) is 11.1 Å². The van der Waals surface area contributed by atoms with Gasteiger partial charge in [0, 0.05) is 20.6 Å². The highest BCUT2D eigenvalue weighted by atomic mass is 35.5. The Labute approximate surface area is 141 Å². The molecule has 0 spiro atoms. The number of aliphatic imine (C=N–C) groups is 1. The molecule has 0 aromatic heterocycles. The van der Waals surface area contributed by atoms with Crippen molar-refractivity contribution in [1.29, 1.82) is 0 Å². The number of hydrogen-bond acceptors (Lipinski definition) is 3. The van der Waals surface area contributed by atoms with Crippen LogP contribution in [0.3, 0.4) is 0 Å². The second kappa shape index (κ2) is 6.13. The molecule has 1 heterocycles. The Balaban J connectivity index is 1.95. The van der Waals surface area contributed by atoms with E-state index in [2.05, 4.69) is 4.99 Å². The monoisotopic (exact) mass is 351 g/mol. The van der Waals surface area contributed by atoms with Gasteiger partial charge in [0.15, 0.2) is 5.70 Å². The third-order valence-corrected chi connectivity index (χ3v) is 3.78. The van der Waals surface area contributed by atoms with Gasteiger partial charge in [0.25, 0.3) is 0 Å². The Morgan fingerprint density at radius 3 is 2.32 bits per heavy atom. The van der Waals surface area contributed by atoms with Crippen LogP contribution in [0.5, 0.6) is 0 Å². The van der Waals surface area contributed by atoms with Gasteiger partial charge >= 0.3 is 5.97 Å². The van der Waals surface area contributed by atoms with Crippen LogP contribution in [0.25, 0.3) is 6.08 Å². The smallest absolute Gasteiger partial charge is 0.363 e. The molecule has 0 bridgehead atoms. The highest BCUT2D eigenvalue weighted by molar-refractivity contribution is 6.35. The minimum atomic E-state index is -0.532. The predicted molar refractivity (Wildman–Crippen MR) is 88.5 cm³/mol. The van der Waals surface area contributed by atoms with Crippen LogP contribution in [-0.4, -0.2) is 11.9 Å². The lowest BCUT2D eigenvalue weighted by atomic mass is 10.2. The van der Waals surface area contributed by atoms with Gasteiger partial charge in [0.05, 0.1) is 0 Å². The van der Waals surface area contributed by atoms with E-state index in [1.165, 1.54) is 0 Å². The van der Waals surface area contributed by atoms with Crippen LogP contribution in [0.15, 0.2) is 53.2 Å². The number of benzene rings is 2. The van der Waals surface area contributed by atoms with E-state index >= 15 is 0 Å². The van der Waals surface area contributed by atoms with Gasteiger partial charge in [0.1, 0.15) is 0 Å². The highest BCUT2D eigenvalue weighted by Gasteiger charge is 2.24. The van der Waals surface area contributed by atoms with Crippen molar-refractivity contribution in [3.63, 3.8) is 0 Å². The maximum absolute atomic E-state index is 11.9. The van der Waals surface area contributed by atoms with Crippen molar-refractivity contribution in [3.8, 4) is 0 Å². The zero-order chi connectivity index (χ0) is 15.7. The third kappa shape index (κ3) is 3.17. The summed E-state index contributed by atoms with van der Waals surface area (Å²) in [7, 11) is 0. The van der Waals surface area contributed by atoms with Crippen molar-refractivity contribution in [1.82, 2.24) is 0 Å². The fourth-order valence-corrected chi connectivity index (χ4v) is 2.48. The normalized spacial score (nSPS) is 15.9. The van der Waals surface area contributed by atoms with Crippen molar-refractivity contribution < 1.29 is 9.53 Å². The minimum absolute atomic E-state index is 0.175. The molecule has 0 N–H and O–H groups in total. The van der Waals surface area contributed by atoms with Crippen molar-refractivity contribution in [2.45, 2.75) is 0 Å². The summed E-state index contributed by atoms with van der Waals surface area (Å²) >= 11 is 17.8. The Bertz CT molecular complexity index is 811. The minimum Gasteiger partial charge on any atom is -0.402 e. The third-order valence-electron chi connectivity index (χ3n) is 2.97. The Hall–Kier alpha value is -1.81. The summed E-state index contributed by atoms with van der Waals surface area (Å²) in [5.41, 5.74) is 1.48. The Morgan fingerprint density at radius 1 is 0.955 bits per heavy atom. The zero-order valence-corrected chi connectivity index (χ0v) is 13.3. The maximum atomic E-state index is 11.9. The average molecular weight is 353 g/mol. The number of cyclic esters (lactones) is 1. The maximum Gasteiger partial charge on any atom is 0.363 e. The molecule has 2 aromatic rings. The van der Waals surface area contributed by atoms with Crippen LogP contribution in [0.4, 0.5) is 0 Å². The van der Waals surface area contributed by atoms with E-state index in [9.17, 15) is 4.79 Å². The standard InChI is InChI=1S/C16H8Cl3NO2/c17-11-4-1-9(2-5-11)15-20-14(16(21)22-15)7-10-3-6-12(18)8-13(10)19/h1-8H. The van der Waals surface area contributed by atoms with Gasteiger partial charge < -0.3 is 4.74 Å². The molecule has 3 rings (SSSR count). The number of carbonyl (C=O) groups is 1. The summed E-state index contributed by atoms with van der Waals surface area (Å²) in [6.45, 7) is 0. The van der Waals surface area contributed by atoms with Crippen LogP contribution < -0.4 is 0 Å². The Kier molecular flexibility index (Phi) is 4.21. The molecule has 0 radical (unpaired) electrons. The lowest BCUT2D eigenvalue weighted by molar-refractivity contribution is -0.129. The molecule has 3 nitrogen and oxygen atoms in total. The lowest BCUT2D eigenvalue weighted by Crippen LogP contribution is -2.05. The van der Waals surface area contributed by atoms with E-state index in [4.69, 9.17) is 39.5 Å².